The number of anilines is 1. The fraction of sp³-hybridized carbons (Fsp3) is 0.600. The van der Waals surface area contributed by atoms with E-state index in [2.05, 4.69) is 0 Å². The molecule has 0 amide bonds. The van der Waals surface area contributed by atoms with Gasteiger partial charge in [0.05, 0.1) is 25.0 Å². The molecule has 1 aromatic carbocycles. The molecule has 4 N–H and O–H groups in total. The average molecular weight is 282 g/mol. The Hall–Kier alpha value is -1.30. The van der Waals surface area contributed by atoms with Crippen LogP contribution in [0, 0.1) is 0 Å². The van der Waals surface area contributed by atoms with E-state index in [1.165, 1.54) is 0 Å². The number of aliphatic hydroxyl groups is 2. The number of ether oxygens (including phenoxy) is 1. The van der Waals surface area contributed by atoms with Crippen LogP contribution in [0.3, 0.4) is 0 Å². The van der Waals surface area contributed by atoms with E-state index in [4.69, 9.17) is 15.6 Å². The number of nitrogens with zero attached hydrogens (tertiary/aromatic N) is 1. The van der Waals surface area contributed by atoms with Crippen LogP contribution in [0.25, 0.3) is 0 Å². The number of aliphatic hydroxyl groups excluding tert-OH is 2. The van der Waals surface area contributed by atoms with Crippen LogP contribution in [0.5, 0.6) is 5.75 Å². The first-order valence-electron chi connectivity index (χ1n) is 7.08. The lowest BCUT2D eigenvalue weighted by Gasteiger charge is -2.18. The van der Waals surface area contributed by atoms with Gasteiger partial charge in [-0.2, -0.15) is 0 Å². The third kappa shape index (κ3) is 5.36. The maximum atomic E-state index is 10.1. The second kappa shape index (κ2) is 8.79. The Morgan fingerprint density at radius 2 is 2.10 bits per heavy atom. The Morgan fingerprint density at radius 1 is 1.35 bits per heavy atom. The van der Waals surface area contributed by atoms with Crippen LogP contribution in [-0.4, -0.2) is 48.5 Å². The van der Waals surface area contributed by atoms with Gasteiger partial charge in [0.1, 0.15) is 5.75 Å². The van der Waals surface area contributed by atoms with Crippen molar-refractivity contribution in [2.75, 3.05) is 39.1 Å². The first-order valence-corrected chi connectivity index (χ1v) is 7.08. The highest BCUT2D eigenvalue weighted by Crippen LogP contribution is 2.27. The monoisotopic (exact) mass is 282 g/mol. The molecule has 20 heavy (non-hydrogen) atoms. The molecule has 0 radical (unpaired) electrons. The lowest BCUT2D eigenvalue weighted by molar-refractivity contribution is 0.141. The molecule has 0 saturated carbocycles. The molecule has 0 saturated heterocycles. The molecule has 1 aromatic rings. The highest BCUT2D eigenvalue weighted by molar-refractivity contribution is 5.54. The first-order chi connectivity index (χ1) is 9.58. The fourth-order valence-corrected chi connectivity index (χ4v) is 1.91. The van der Waals surface area contributed by atoms with Gasteiger partial charge in [0.25, 0.3) is 0 Å². The van der Waals surface area contributed by atoms with Crippen molar-refractivity contribution in [2.24, 2.45) is 0 Å². The molecule has 0 heterocycles. The van der Waals surface area contributed by atoms with E-state index in [0.717, 1.165) is 18.5 Å². The van der Waals surface area contributed by atoms with Crippen LogP contribution in [-0.2, 0) is 0 Å². The Bertz CT molecular complexity index is 399. The average Bonchev–Trinajstić information content (AvgIpc) is 2.43. The molecule has 1 unspecified atom stereocenters. The predicted molar refractivity (Wildman–Crippen MR) is 80.8 cm³/mol. The van der Waals surface area contributed by atoms with Gasteiger partial charge in [0.2, 0.25) is 0 Å². The van der Waals surface area contributed by atoms with Crippen LogP contribution in [0.15, 0.2) is 18.2 Å². The van der Waals surface area contributed by atoms with Gasteiger partial charge in [-0.15, -0.1) is 0 Å². The van der Waals surface area contributed by atoms with E-state index in [1.54, 1.807) is 12.1 Å². The van der Waals surface area contributed by atoms with E-state index in [1.807, 2.05) is 24.9 Å². The quantitative estimate of drug-likeness (QED) is 0.597. The Morgan fingerprint density at radius 3 is 2.70 bits per heavy atom. The first kappa shape index (κ1) is 16.8. The van der Waals surface area contributed by atoms with Crippen molar-refractivity contribution in [3.63, 3.8) is 0 Å². The number of benzene rings is 1. The Kier molecular flexibility index (Phi) is 7.36. The SMILES string of the molecule is CCCOc1ccc(C(O)CCN(C)CCO)cc1N. The zero-order valence-corrected chi connectivity index (χ0v) is 12.4. The minimum absolute atomic E-state index is 0.128. The van der Waals surface area contributed by atoms with Crippen LogP contribution in [0.2, 0.25) is 0 Å². The van der Waals surface area contributed by atoms with Crippen LogP contribution < -0.4 is 10.5 Å². The van der Waals surface area contributed by atoms with Crippen LogP contribution in [0.1, 0.15) is 31.4 Å². The summed E-state index contributed by atoms with van der Waals surface area (Å²) >= 11 is 0. The van der Waals surface area contributed by atoms with Crippen molar-refractivity contribution in [1.82, 2.24) is 4.90 Å². The van der Waals surface area contributed by atoms with Gasteiger partial charge in [0.15, 0.2) is 0 Å². The lowest BCUT2D eigenvalue weighted by Crippen LogP contribution is -2.24. The van der Waals surface area contributed by atoms with Crippen molar-refractivity contribution in [2.45, 2.75) is 25.9 Å². The second-order valence-corrected chi connectivity index (χ2v) is 4.98. The van der Waals surface area contributed by atoms with Gasteiger partial charge in [0, 0.05) is 13.1 Å². The molecule has 0 spiro atoms. The highest BCUT2D eigenvalue weighted by atomic mass is 16.5. The summed E-state index contributed by atoms with van der Waals surface area (Å²) in [7, 11) is 1.92. The molecule has 0 aliphatic heterocycles. The predicted octanol–water partition coefficient (Wildman–Crippen LogP) is 1.41. The summed E-state index contributed by atoms with van der Waals surface area (Å²) in [6, 6.07) is 5.42. The fourth-order valence-electron chi connectivity index (χ4n) is 1.91. The number of rotatable bonds is 9. The zero-order chi connectivity index (χ0) is 15.0. The Labute approximate surface area is 121 Å². The lowest BCUT2D eigenvalue weighted by atomic mass is 10.1. The van der Waals surface area contributed by atoms with E-state index >= 15 is 0 Å². The van der Waals surface area contributed by atoms with E-state index < -0.39 is 6.10 Å². The number of hydrogen-bond acceptors (Lipinski definition) is 5. The summed E-state index contributed by atoms with van der Waals surface area (Å²) < 4.78 is 5.51. The van der Waals surface area contributed by atoms with Gasteiger partial charge >= 0.3 is 0 Å². The largest absolute Gasteiger partial charge is 0.491 e. The number of hydrogen-bond donors (Lipinski definition) is 3. The van der Waals surface area contributed by atoms with Crippen molar-refractivity contribution in [3.8, 4) is 5.75 Å². The molecule has 0 aliphatic carbocycles. The zero-order valence-electron chi connectivity index (χ0n) is 12.4. The molecule has 1 atom stereocenters. The summed E-state index contributed by atoms with van der Waals surface area (Å²) in [6.07, 6.45) is 0.977. The number of nitrogen functional groups attached to an aromatic ring is 1. The van der Waals surface area contributed by atoms with E-state index in [-0.39, 0.29) is 6.61 Å². The topological polar surface area (TPSA) is 79.0 Å². The molecule has 5 heteroatoms. The summed E-state index contributed by atoms with van der Waals surface area (Å²) in [4.78, 5) is 1.98. The molecule has 0 aromatic heterocycles. The number of likely N-dealkylation sites (N-methyl/N-ethyl adjacent to an activating group) is 1. The minimum atomic E-state index is -0.557. The highest BCUT2D eigenvalue weighted by Gasteiger charge is 2.11. The molecule has 0 aliphatic rings. The molecular formula is C15H26N2O3. The molecule has 0 fully saturated rings. The minimum Gasteiger partial charge on any atom is -0.491 e. The maximum Gasteiger partial charge on any atom is 0.142 e. The Balaban J connectivity index is 2.56. The smallest absolute Gasteiger partial charge is 0.142 e. The molecule has 5 nitrogen and oxygen atoms in total. The maximum absolute atomic E-state index is 10.1. The van der Waals surface area contributed by atoms with E-state index in [0.29, 0.717) is 31.0 Å². The van der Waals surface area contributed by atoms with Crippen LogP contribution in [0.4, 0.5) is 5.69 Å². The van der Waals surface area contributed by atoms with Crippen molar-refractivity contribution in [3.05, 3.63) is 23.8 Å². The normalized spacial score (nSPS) is 12.7. The summed E-state index contributed by atoms with van der Waals surface area (Å²) in [6.45, 7) is 4.13. The van der Waals surface area contributed by atoms with Gasteiger partial charge in [-0.3, -0.25) is 0 Å². The summed E-state index contributed by atoms with van der Waals surface area (Å²) in [5.41, 5.74) is 7.27. The molecule has 0 bridgehead atoms. The third-order valence-electron chi connectivity index (χ3n) is 3.15. The second-order valence-electron chi connectivity index (χ2n) is 4.98. The molecule has 114 valence electrons. The standard InChI is InChI=1S/C15H26N2O3/c1-3-10-20-15-5-4-12(11-13(15)16)14(19)6-7-17(2)8-9-18/h4-5,11,14,18-19H,3,6-10,16H2,1-2H3. The van der Waals surface area contributed by atoms with Gasteiger partial charge < -0.3 is 25.6 Å². The number of nitrogens with two attached hydrogens (primary N) is 1. The van der Waals surface area contributed by atoms with E-state index in [9.17, 15) is 5.11 Å². The third-order valence-corrected chi connectivity index (χ3v) is 3.15. The van der Waals surface area contributed by atoms with Gasteiger partial charge in [-0.25, -0.2) is 0 Å². The molecule has 1 rings (SSSR count). The van der Waals surface area contributed by atoms with Gasteiger partial charge in [-0.1, -0.05) is 13.0 Å². The van der Waals surface area contributed by atoms with Crippen molar-refractivity contribution >= 4 is 5.69 Å². The summed E-state index contributed by atoms with van der Waals surface area (Å²) in [5, 5.41) is 19.0. The van der Waals surface area contributed by atoms with Crippen molar-refractivity contribution in [1.29, 1.82) is 0 Å². The summed E-state index contributed by atoms with van der Waals surface area (Å²) in [5.74, 6) is 0.667. The van der Waals surface area contributed by atoms with Crippen LogP contribution >= 0.6 is 0 Å². The van der Waals surface area contributed by atoms with Crippen molar-refractivity contribution < 1.29 is 14.9 Å². The van der Waals surface area contributed by atoms with Gasteiger partial charge in [-0.05, 0) is 37.6 Å². The molecular weight excluding hydrogens is 256 g/mol.